The molecule has 0 fully saturated rings. The summed E-state index contributed by atoms with van der Waals surface area (Å²) >= 11 is 12.0. The van der Waals surface area contributed by atoms with Gasteiger partial charge in [0, 0.05) is 31.4 Å². The third kappa shape index (κ3) is 3.58. The van der Waals surface area contributed by atoms with Crippen LogP contribution in [0.1, 0.15) is 6.42 Å². The van der Waals surface area contributed by atoms with Crippen LogP contribution in [0.15, 0.2) is 24.5 Å². The molecule has 1 aromatic carbocycles. The lowest BCUT2D eigenvalue weighted by atomic mass is 10.2. The van der Waals surface area contributed by atoms with Crippen LogP contribution >= 0.6 is 23.2 Å². The topological polar surface area (TPSA) is 85.9 Å². The fourth-order valence-corrected chi connectivity index (χ4v) is 2.25. The maximum Gasteiger partial charge on any atom is 0.272 e. The lowest BCUT2D eigenvalue weighted by Gasteiger charge is -2.10. The van der Waals surface area contributed by atoms with Crippen LogP contribution in [0.2, 0.25) is 10.0 Å². The zero-order valence-corrected chi connectivity index (χ0v) is 11.8. The molecular weight excluding hydrogens is 305 g/mol. The van der Waals surface area contributed by atoms with Crippen molar-refractivity contribution in [2.75, 3.05) is 11.9 Å². The van der Waals surface area contributed by atoms with E-state index in [0.29, 0.717) is 18.8 Å². The Kier molecular flexibility index (Phi) is 4.75. The van der Waals surface area contributed by atoms with Crippen molar-refractivity contribution in [3.05, 3.63) is 44.7 Å². The van der Waals surface area contributed by atoms with Crippen LogP contribution in [0.3, 0.4) is 0 Å². The third-order valence-corrected chi connectivity index (χ3v) is 3.17. The van der Waals surface area contributed by atoms with Crippen molar-refractivity contribution in [3.63, 3.8) is 0 Å². The van der Waals surface area contributed by atoms with E-state index in [-0.39, 0.29) is 15.7 Å². The molecule has 0 atom stereocenters. The zero-order valence-electron chi connectivity index (χ0n) is 10.3. The van der Waals surface area contributed by atoms with Crippen LogP contribution in [0.5, 0.6) is 0 Å². The molecule has 1 aromatic heterocycles. The van der Waals surface area contributed by atoms with Crippen LogP contribution in [-0.2, 0) is 6.54 Å². The summed E-state index contributed by atoms with van der Waals surface area (Å²) in [5.74, 6) is 0. The molecule has 1 N–H and O–H groups in total. The minimum atomic E-state index is -0.535. The number of aromatic nitrogens is 3. The molecule has 0 unspecified atom stereocenters. The maximum atomic E-state index is 10.7. The van der Waals surface area contributed by atoms with Gasteiger partial charge in [-0.05, 0) is 6.42 Å². The van der Waals surface area contributed by atoms with Gasteiger partial charge in [0.1, 0.15) is 0 Å². The van der Waals surface area contributed by atoms with Crippen LogP contribution in [0.25, 0.3) is 0 Å². The van der Waals surface area contributed by atoms with Crippen molar-refractivity contribution in [3.8, 4) is 0 Å². The van der Waals surface area contributed by atoms with E-state index in [1.807, 2.05) is 0 Å². The highest BCUT2D eigenvalue weighted by atomic mass is 35.5. The number of non-ortho nitro benzene ring substituents is 1. The lowest BCUT2D eigenvalue weighted by molar-refractivity contribution is -0.384. The van der Waals surface area contributed by atoms with Crippen molar-refractivity contribution in [1.82, 2.24) is 15.0 Å². The van der Waals surface area contributed by atoms with Crippen LogP contribution in [0.4, 0.5) is 11.4 Å². The van der Waals surface area contributed by atoms with Gasteiger partial charge in [0.25, 0.3) is 5.69 Å². The Morgan fingerprint density at radius 3 is 2.60 bits per heavy atom. The first-order valence-electron chi connectivity index (χ1n) is 5.79. The highest BCUT2D eigenvalue weighted by Gasteiger charge is 2.14. The number of hydrogen-bond acceptors (Lipinski definition) is 5. The molecular formula is C11H11Cl2N5O2. The highest BCUT2D eigenvalue weighted by molar-refractivity contribution is 6.39. The highest BCUT2D eigenvalue weighted by Crippen LogP contribution is 2.34. The van der Waals surface area contributed by atoms with E-state index in [1.165, 1.54) is 12.1 Å². The molecule has 0 saturated carbocycles. The van der Waals surface area contributed by atoms with Crippen molar-refractivity contribution < 1.29 is 4.92 Å². The maximum absolute atomic E-state index is 10.7. The van der Waals surface area contributed by atoms with Crippen molar-refractivity contribution in [2.24, 2.45) is 0 Å². The van der Waals surface area contributed by atoms with Gasteiger partial charge in [-0.25, -0.2) is 0 Å². The monoisotopic (exact) mass is 315 g/mol. The predicted octanol–water partition coefficient (Wildman–Crippen LogP) is 3.00. The molecule has 2 aromatic rings. The normalized spacial score (nSPS) is 10.5. The Labute approximate surface area is 124 Å². The predicted molar refractivity (Wildman–Crippen MR) is 76.2 cm³/mol. The molecule has 0 aliphatic heterocycles. The van der Waals surface area contributed by atoms with E-state index in [9.17, 15) is 10.1 Å². The van der Waals surface area contributed by atoms with Gasteiger partial charge >= 0.3 is 0 Å². The lowest BCUT2D eigenvalue weighted by Crippen LogP contribution is -2.08. The summed E-state index contributed by atoms with van der Waals surface area (Å²) in [7, 11) is 0. The molecule has 7 nitrogen and oxygen atoms in total. The molecule has 0 saturated heterocycles. The van der Waals surface area contributed by atoms with E-state index < -0.39 is 4.92 Å². The first kappa shape index (κ1) is 14.5. The number of nitrogens with one attached hydrogen (secondary N) is 1. The molecule has 0 radical (unpaired) electrons. The first-order valence-corrected chi connectivity index (χ1v) is 6.55. The number of rotatable bonds is 6. The first-order chi connectivity index (χ1) is 9.58. The average molecular weight is 316 g/mol. The summed E-state index contributed by atoms with van der Waals surface area (Å²) < 4.78 is 1.71. The summed E-state index contributed by atoms with van der Waals surface area (Å²) in [4.78, 5) is 10.1. The minimum absolute atomic E-state index is 0.131. The van der Waals surface area contributed by atoms with E-state index in [4.69, 9.17) is 23.2 Å². The van der Waals surface area contributed by atoms with E-state index in [2.05, 4.69) is 15.6 Å². The molecule has 0 aliphatic rings. The molecule has 0 amide bonds. The molecule has 0 bridgehead atoms. The van der Waals surface area contributed by atoms with Gasteiger partial charge in [-0.3, -0.25) is 14.8 Å². The smallest absolute Gasteiger partial charge is 0.272 e. The SMILES string of the molecule is O=[N+]([O-])c1cc(Cl)c(NCCCn2ccnn2)c(Cl)c1. The molecule has 0 spiro atoms. The Morgan fingerprint density at radius 1 is 1.35 bits per heavy atom. The van der Waals surface area contributed by atoms with Crippen LogP contribution in [-0.4, -0.2) is 26.5 Å². The van der Waals surface area contributed by atoms with Gasteiger partial charge in [-0.2, -0.15) is 0 Å². The fourth-order valence-electron chi connectivity index (χ4n) is 1.64. The Bertz CT molecular complexity index is 580. The Morgan fingerprint density at radius 2 is 2.05 bits per heavy atom. The van der Waals surface area contributed by atoms with Gasteiger partial charge < -0.3 is 5.32 Å². The largest absolute Gasteiger partial charge is 0.383 e. The number of anilines is 1. The molecule has 0 aliphatic carbocycles. The molecule has 106 valence electrons. The average Bonchev–Trinajstić information content (AvgIpc) is 2.89. The summed E-state index contributed by atoms with van der Waals surface area (Å²) in [6.45, 7) is 1.31. The molecule has 20 heavy (non-hydrogen) atoms. The number of benzene rings is 1. The standard InChI is InChI=1S/C11H11Cl2N5O2/c12-9-6-8(18(19)20)7-10(13)11(9)14-2-1-4-17-5-3-15-16-17/h3,5-7,14H,1-2,4H2. The van der Waals surface area contributed by atoms with Crippen molar-refractivity contribution in [2.45, 2.75) is 13.0 Å². The number of hydrogen-bond donors (Lipinski definition) is 1. The Hall–Kier alpha value is -1.86. The van der Waals surface area contributed by atoms with Gasteiger partial charge in [0.2, 0.25) is 0 Å². The van der Waals surface area contributed by atoms with E-state index >= 15 is 0 Å². The third-order valence-electron chi connectivity index (χ3n) is 2.58. The van der Waals surface area contributed by atoms with Gasteiger partial charge in [0.15, 0.2) is 0 Å². The summed E-state index contributed by atoms with van der Waals surface area (Å²) in [6, 6.07) is 2.54. The fraction of sp³-hybridized carbons (Fsp3) is 0.273. The van der Waals surface area contributed by atoms with Crippen molar-refractivity contribution >= 4 is 34.6 Å². The van der Waals surface area contributed by atoms with Gasteiger partial charge in [0.05, 0.1) is 26.9 Å². The van der Waals surface area contributed by atoms with E-state index in [1.54, 1.807) is 17.1 Å². The number of nitro benzene ring substituents is 1. The summed E-state index contributed by atoms with van der Waals surface area (Å²) in [5, 5.41) is 21.7. The van der Waals surface area contributed by atoms with Gasteiger partial charge in [-0.1, -0.05) is 28.4 Å². The number of aryl methyl sites for hydroxylation is 1. The molecule has 9 heteroatoms. The second-order valence-electron chi connectivity index (χ2n) is 3.99. The molecule has 2 rings (SSSR count). The summed E-state index contributed by atoms with van der Waals surface area (Å²) in [6.07, 6.45) is 4.16. The van der Waals surface area contributed by atoms with Crippen molar-refractivity contribution in [1.29, 1.82) is 0 Å². The number of halogens is 2. The zero-order chi connectivity index (χ0) is 14.5. The summed E-state index contributed by atoms with van der Waals surface area (Å²) in [5.41, 5.74) is 0.366. The number of nitrogens with zero attached hydrogens (tertiary/aromatic N) is 4. The second-order valence-corrected chi connectivity index (χ2v) is 4.80. The Balaban J connectivity index is 1.94. The number of nitro groups is 1. The van der Waals surface area contributed by atoms with Crippen LogP contribution in [0, 0.1) is 10.1 Å². The minimum Gasteiger partial charge on any atom is -0.383 e. The van der Waals surface area contributed by atoms with Crippen LogP contribution < -0.4 is 5.32 Å². The molecule has 1 heterocycles. The van der Waals surface area contributed by atoms with Gasteiger partial charge in [-0.15, -0.1) is 5.10 Å². The van der Waals surface area contributed by atoms with E-state index in [0.717, 1.165) is 6.42 Å². The quantitative estimate of drug-likeness (QED) is 0.503. The second kappa shape index (κ2) is 6.53.